The lowest BCUT2D eigenvalue weighted by molar-refractivity contribution is 0.283. The number of hydrogen-bond donors (Lipinski definition) is 3. The predicted octanol–water partition coefficient (Wildman–Crippen LogP) is 2.24. The van der Waals surface area contributed by atoms with Crippen LogP contribution in [-0.2, 0) is 0 Å². The minimum atomic E-state index is 0.283. The summed E-state index contributed by atoms with van der Waals surface area (Å²) in [5.41, 5.74) is 5.67. The highest BCUT2D eigenvalue weighted by Gasteiger charge is 2.06. The molecule has 4 N–H and O–H groups in total. The molecule has 0 aromatic carbocycles. The summed E-state index contributed by atoms with van der Waals surface area (Å²) in [5, 5.41) is 15.0. The van der Waals surface area contributed by atoms with Gasteiger partial charge >= 0.3 is 0 Å². The quantitative estimate of drug-likeness (QED) is 0.669. The highest BCUT2D eigenvalue weighted by Crippen LogP contribution is 2.25. The van der Waals surface area contributed by atoms with E-state index in [-0.39, 0.29) is 6.61 Å². The Morgan fingerprint density at radius 2 is 2.06 bits per heavy atom. The van der Waals surface area contributed by atoms with Crippen LogP contribution in [0.15, 0.2) is 11.4 Å². The Bertz CT molecular complexity index is 500. The van der Waals surface area contributed by atoms with E-state index in [9.17, 15) is 0 Å². The lowest BCUT2D eigenvalue weighted by Gasteiger charge is -2.07. The maximum Gasteiger partial charge on any atom is 0.223 e. The van der Waals surface area contributed by atoms with Crippen LogP contribution in [0.1, 0.15) is 25.7 Å². The number of hydrogen-bond acceptors (Lipinski definition) is 6. The molecule has 98 valence electrons. The summed E-state index contributed by atoms with van der Waals surface area (Å²) in [7, 11) is 0. The van der Waals surface area contributed by atoms with Gasteiger partial charge in [-0.3, -0.25) is 0 Å². The SMILES string of the molecule is Nc1nc(NCCCCCCO)c2ccsc2n1. The maximum absolute atomic E-state index is 8.68. The van der Waals surface area contributed by atoms with Crippen molar-refractivity contribution in [1.29, 1.82) is 0 Å². The smallest absolute Gasteiger partial charge is 0.223 e. The number of thiophene rings is 1. The molecule has 0 aliphatic heterocycles. The van der Waals surface area contributed by atoms with Crippen LogP contribution in [0, 0.1) is 0 Å². The fourth-order valence-corrected chi connectivity index (χ4v) is 2.57. The van der Waals surface area contributed by atoms with E-state index in [1.54, 1.807) is 11.3 Å². The van der Waals surface area contributed by atoms with Crippen molar-refractivity contribution in [1.82, 2.24) is 9.97 Å². The fourth-order valence-electron chi connectivity index (χ4n) is 1.80. The molecule has 2 rings (SSSR count). The zero-order valence-corrected chi connectivity index (χ0v) is 11.0. The zero-order chi connectivity index (χ0) is 12.8. The first-order valence-electron chi connectivity index (χ1n) is 6.16. The first kappa shape index (κ1) is 13.0. The van der Waals surface area contributed by atoms with Gasteiger partial charge in [-0.15, -0.1) is 11.3 Å². The van der Waals surface area contributed by atoms with Gasteiger partial charge < -0.3 is 16.2 Å². The second kappa shape index (κ2) is 6.51. The summed E-state index contributed by atoms with van der Waals surface area (Å²) in [6.07, 6.45) is 4.13. The Morgan fingerprint density at radius 1 is 1.22 bits per heavy atom. The number of fused-ring (bicyclic) bond motifs is 1. The third-order valence-corrected chi connectivity index (χ3v) is 3.53. The molecule has 18 heavy (non-hydrogen) atoms. The molecule has 0 atom stereocenters. The van der Waals surface area contributed by atoms with Crippen LogP contribution in [0.5, 0.6) is 0 Å². The van der Waals surface area contributed by atoms with Crippen molar-refractivity contribution in [2.75, 3.05) is 24.2 Å². The number of nitrogens with one attached hydrogen (secondary N) is 1. The largest absolute Gasteiger partial charge is 0.396 e. The Labute approximate surface area is 110 Å². The number of nitrogen functional groups attached to an aromatic ring is 1. The Hall–Kier alpha value is -1.40. The van der Waals surface area contributed by atoms with Crippen LogP contribution in [0.3, 0.4) is 0 Å². The van der Waals surface area contributed by atoms with Crippen LogP contribution < -0.4 is 11.1 Å². The highest BCUT2D eigenvalue weighted by atomic mass is 32.1. The van der Waals surface area contributed by atoms with E-state index in [0.717, 1.165) is 48.3 Å². The first-order chi connectivity index (χ1) is 8.81. The summed E-state index contributed by atoms with van der Waals surface area (Å²) in [5.74, 6) is 1.13. The predicted molar refractivity (Wildman–Crippen MR) is 75.9 cm³/mol. The van der Waals surface area contributed by atoms with Gasteiger partial charge in [0.25, 0.3) is 0 Å². The van der Waals surface area contributed by atoms with Crippen LogP contribution in [-0.4, -0.2) is 28.2 Å². The third kappa shape index (κ3) is 3.30. The molecule has 0 radical (unpaired) electrons. The molecule has 2 heterocycles. The van der Waals surface area contributed by atoms with Gasteiger partial charge in [-0.05, 0) is 24.3 Å². The number of nitrogens with zero attached hydrogens (tertiary/aromatic N) is 2. The fraction of sp³-hybridized carbons (Fsp3) is 0.500. The topological polar surface area (TPSA) is 84.1 Å². The van der Waals surface area contributed by atoms with E-state index >= 15 is 0 Å². The molecule has 5 nitrogen and oxygen atoms in total. The third-order valence-electron chi connectivity index (χ3n) is 2.72. The summed E-state index contributed by atoms with van der Waals surface area (Å²) in [6, 6.07) is 2.01. The Morgan fingerprint density at radius 3 is 2.89 bits per heavy atom. The second-order valence-corrected chi connectivity index (χ2v) is 5.03. The first-order valence-corrected chi connectivity index (χ1v) is 7.04. The molecule has 0 saturated carbocycles. The van der Waals surface area contributed by atoms with E-state index in [0.29, 0.717) is 5.95 Å². The molecule has 0 aliphatic rings. The molecular formula is C12H18N4OS. The maximum atomic E-state index is 8.68. The van der Waals surface area contributed by atoms with Gasteiger partial charge in [-0.1, -0.05) is 12.8 Å². The monoisotopic (exact) mass is 266 g/mol. The van der Waals surface area contributed by atoms with E-state index in [4.69, 9.17) is 10.8 Å². The van der Waals surface area contributed by atoms with E-state index < -0.39 is 0 Å². The number of aliphatic hydroxyl groups is 1. The van der Waals surface area contributed by atoms with Crippen molar-refractivity contribution < 1.29 is 5.11 Å². The number of rotatable bonds is 7. The van der Waals surface area contributed by atoms with Crippen LogP contribution in [0.25, 0.3) is 10.2 Å². The summed E-state index contributed by atoms with van der Waals surface area (Å²) < 4.78 is 0. The van der Waals surface area contributed by atoms with Gasteiger partial charge in [0.15, 0.2) is 0 Å². The van der Waals surface area contributed by atoms with Crippen LogP contribution in [0.4, 0.5) is 11.8 Å². The minimum Gasteiger partial charge on any atom is -0.396 e. The van der Waals surface area contributed by atoms with Gasteiger partial charge in [0.05, 0.1) is 5.39 Å². The second-order valence-electron chi connectivity index (χ2n) is 4.13. The molecule has 0 aliphatic carbocycles. The lowest BCUT2D eigenvalue weighted by Crippen LogP contribution is -2.06. The molecule has 0 spiro atoms. The van der Waals surface area contributed by atoms with Crippen molar-refractivity contribution in [2.24, 2.45) is 0 Å². The number of aliphatic hydroxyl groups excluding tert-OH is 1. The van der Waals surface area contributed by atoms with Gasteiger partial charge in [-0.25, -0.2) is 4.98 Å². The molecule has 0 fully saturated rings. The number of anilines is 2. The van der Waals surface area contributed by atoms with Gasteiger partial charge in [0.2, 0.25) is 5.95 Å². The molecule has 0 saturated heterocycles. The summed E-state index contributed by atoms with van der Waals surface area (Å²) >= 11 is 1.57. The standard InChI is InChI=1S/C12H18N4OS/c13-12-15-10(9-5-8-18-11(9)16-12)14-6-3-1-2-4-7-17/h5,8,17H,1-4,6-7H2,(H3,13,14,15,16). The summed E-state index contributed by atoms with van der Waals surface area (Å²) in [4.78, 5) is 9.33. The Balaban J connectivity index is 1.89. The van der Waals surface area contributed by atoms with E-state index in [1.807, 2.05) is 11.4 Å². The molecule has 2 aromatic heterocycles. The minimum absolute atomic E-state index is 0.283. The Kier molecular flexibility index (Phi) is 4.72. The van der Waals surface area contributed by atoms with Gasteiger partial charge in [0, 0.05) is 13.2 Å². The molecule has 0 amide bonds. The molecule has 0 unspecified atom stereocenters. The zero-order valence-electron chi connectivity index (χ0n) is 10.2. The normalized spacial score (nSPS) is 10.9. The van der Waals surface area contributed by atoms with Crippen LogP contribution >= 0.6 is 11.3 Å². The van der Waals surface area contributed by atoms with Crippen molar-refractivity contribution in [3.63, 3.8) is 0 Å². The van der Waals surface area contributed by atoms with E-state index in [1.165, 1.54) is 0 Å². The average molecular weight is 266 g/mol. The van der Waals surface area contributed by atoms with Crippen molar-refractivity contribution in [2.45, 2.75) is 25.7 Å². The highest BCUT2D eigenvalue weighted by molar-refractivity contribution is 7.16. The number of aromatic nitrogens is 2. The average Bonchev–Trinajstić information content (AvgIpc) is 2.81. The number of nitrogens with two attached hydrogens (primary N) is 1. The number of unbranched alkanes of at least 4 members (excludes halogenated alkanes) is 3. The van der Waals surface area contributed by atoms with E-state index in [2.05, 4.69) is 15.3 Å². The molecule has 6 heteroatoms. The molecular weight excluding hydrogens is 248 g/mol. The lowest BCUT2D eigenvalue weighted by atomic mass is 10.2. The van der Waals surface area contributed by atoms with Crippen molar-refractivity contribution in [3.8, 4) is 0 Å². The molecule has 0 bridgehead atoms. The molecule has 2 aromatic rings. The van der Waals surface area contributed by atoms with Gasteiger partial charge in [0.1, 0.15) is 10.6 Å². The van der Waals surface area contributed by atoms with Crippen LogP contribution in [0.2, 0.25) is 0 Å². The summed E-state index contributed by atoms with van der Waals surface area (Å²) in [6.45, 7) is 1.15. The van der Waals surface area contributed by atoms with Gasteiger partial charge in [-0.2, -0.15) is 4.98 Å². The van der Waals surface area contributed by atoms with Crippen molar-refractivity contribution >= 4 is 33.3 Å². The van der Waals surface area contributed by atoms with Crippen molar-refractivity contribution in [3.05, 3.63) is 11.4 Å².